The minimum atomic E-state index is -0.00717. The molecule has 2 aromatic heterocycles. The standard InChI is InChI=1S/C18H22N4O3/c23-9-11-5-15-16(6-11)25-4-3-21(15)18(24)12-7-14-17(19-8-12)22(10-20-14)13-1-2-13/h7-8,10-11,13,15-16,23H,1-6,9H2/t11-,15+,16+/m1/s1. The van der Waals surface area contributed by atoms with Crippen molar-refractivity contribution in [3.05, 3.63) is 24.2 Å². The zero-order valence-corrected chi connectivity index (χ0v) is 14.0. The number of rotatable bonds is 3. The van der Waals surface area contributed by atoms with E-state index in [1.807, 2.05) is 17.3 Å². The fourth-order valence-electron chi connectivity index (χ4n) is 4.27. The SMILES string of the molecule is O=C(c1cnc2c(c1)ncn2C1CC1)N1CCO[C@H]2C[C@H](CO)C[C@@H]21. The Labute approximate surface area is 145 Å². The molecule has 3 heterocycles. The second kappa shape index (κ2) is 5.78. The quantitative estimate of drug-likeness (QED) is 0.911. The fraction of sp³-hybridized carbons (Fsp3) is 0.611. The molecule has 0 bridgehead atoms. The minimum absolute atomic E-state index is 0.00717. The zero-order valence-electron chi connectivity index (χ0n) is 14.0. The van der Waals surface area contributed by atoms with E-state index in [0.29, 0.717) is 24.8 Å². The highest BCUT2D eigenvalue weighted by Gasteiger charge is 2.42. The number of morpholine rings is 1. The molecule has 2 aromatic rings. The van der Waals surface area contributed by atoms with Crippen molar-refractivity contribution in [1.82, 2.24) is 19.4 Å². The van der Waals surface area contributed by atoms with Crippen LogP contribution < -0.4 is 0 Å². The van der Waals surface area contributed by atoms with E-state index in [2.05, 4.69) is 14.5 Å². The van der Waals surface area contributed by atoms with Crippen LogP contribution in [0.15, 0.2) is 18.6 Å². The monoisotopic (exact) mass is 342 g/mol. The maximum atomic E-state index is 13.1. The van der Waals surface area contributed by atoms with Crippen LogP contribution >= 0.6 is 0 Å². The summed E-state index contributed by atoms with van der Waals surface area (Å²) in [6.07, 6.45) is 7.53. The van der Waals surface area contributed by atoms with Crippen molar-refractivity contribution in [1.29, 1.82) is 0 Å². The van der Waals surface area contributed by atoms with Crippen LogP contribution in [0.5, 0.6) is 0 Å². The number of aliphatic hydroxyl groups is 1. The van der Waals surface area contributed by atoms with E-state index in [1.165, 1.54) is 12.8 Å². The molecule has 3 atom stereocenters. The molecular weight excluding hydrogens is 320 g/mol. The fourth-order valence-corrected chi connectivity index (χ4v) is 4.27. The summed E-state index contributed by atoms with van der Waals surface area (Å²) in [7, 11) is 0. The first-order chi connectivity index (χ1) is 12.2. The van der Waals surface area contributed by atoms with Crippen LogP contribution in [-0.2, 0) is 4.74 Å². The first-order valence-electron chi connectivity index (χ1n) is 9.10. The summed E-state index contributed by atoms with van der Waals surface area (Å²) in [4.78, 5) is 23.9. The Kier molecular flexibility index (Phi) is 3.53. The van der Waals surface area contributed by atoms with E-state index >= 15 is 0 Å². The lowest BCUT2D eigenvalue weighted by molar-refractivity contribution is -0.0448. The number of hydrogen-bond donors (Lipinski definition) is 1. The molecule has 0 aromatic carbocycles. The van der Waals surface area contributed by atoms with Gasteiger partial charge in [-0.3, -0.25) is 4.79 Å². The summed E-state index contributed by atoms with van der Waals surface area (Å²) >= 11 is 0. The second-order valence-corrected chi connectivity index (χ2v) is 7.44. The number of hydrogen-bond acceptors (Lipinski definition) is 5. The van der Waals surface area contributed by atoms with Crippen molar-refractivity contribution in [3.63, 3.8) is 0 Å². The van der Waals surface area contributed by atoms with Crippen molar-refractivity contribution in [2.45, 2.75) is 43.9 Å². The Morgan fingerprint density at radius 1 is 1.32 bits per heavy atom. The molecule has 1 saturated heterocycles. The Morgan fingerprint density at radius 2 is 2.20 bits per heavy atom. The number of ether oxygens (including phenoxy) is 1. The summed E-state index contributed by atoms with van der Waals surface area (Å²) < 4.78 is 7.93. The molecule has 1 N–H and O–H groups in total. The van der Waals surface area contributed by atoms with Crippen molar-refractivity contribution in [2.75, 3.05) is 19.8 Å². The number of nitrogens with zero attached hydrogens (tertiary/aromatic N) is 4. The van der Waals surface area contributed by atoms with Crippen molar-refractivity contribution in [3.8, 4) is 0 Å². The lowest BCUT2D eigenvalue weighted by Gasteiger charge is -2.37. The van der Waals surface area contributed by atoms with E-state index in [0.717, 1.165) is 24.0 Å². The van der Waals surface area contributed by atoms with Crippen LogP contribution in [0.25, 0.3) is 11.2 Å². The molecule has 0 radical (unpaired) electrons. The molecule has 0 unspecified atom stereocenters. The summed E-state index contributed by atoms with van der Waals surface area (Å²) in [6.45, 7) is 1.30. The van der Waals surface area contributed by atoms with Gasteiger partial charge in [0.05, 0.1) is 30.6 Å². The molecule has 0 spiro atoms. The number of carbonyl (C=O) groups is 1. The third-order valence-electron chi connectivity index (χ3n) is 5.75. The molecule has 7 nitrogen and oxygen atoms in total. The average molecular weight is 342 g/mol. The van der Waals surface area contributed by atoms with Gasteiger partial charge in [0.15, 0.2) is 5.65 Å². The van der Waals surface area contributed by atoms with Gasteiger partial charge in [0.1, 0.15) is 5.52 Å². The molecule has 1 aliphatic heterocycles. The minimum Gasteiger partial charge on any atom is -0.396 e. The van der Waals surface area contributed by atoms with Crippen LogP contribution in [0, 0.1) is 5.92 Å². The first-order valence-corrected chi connectivity index (χ1v) is 9.10. The van der Waals surface area contributed by atoms with Gasteiger partial charge in [-0.2, -0.15) is 0 Å². The number of fused-ring (bicyclic) bond motifs is 2. The number of aliphatic hydroxyl groups excluding tert-OH is 1. The van der Waals surface area contributed by atoms with E-state index in [9.17, 15) is 9.90 Å². The van der Waals surface area contributed by atoms with Gasteiger partial charge >= 0.3 is 0 Å². The highest BCUT2D eigenvalue weighted by atomic mass is 16.5. The van der Waals surface area contributed by atoms with Crippen LogP contribution in [0.4, 0.5) is 0 Å². The highest BCUT2D eigenvalue weighted by Crippen LogP contribution is 2.37. The molecule has 5 rings (SSSR count). The Balaban J connectivity index is 1.42. The second-order valence-electron chi connectivity index (χ2n) is 7.44. The number of pyridine rings is 1. The van der Waals surface area contributed by atoms with Gasteiger partial charge in [-0.15, -0.1) is 0 Å². The molecule has 3 fully saturated rings. The van der Waals surface area contributed by atoms with E-state index < -0.39 is 0 Å². The van der Waals surface area contributed by atoms with Crippen LogP contribution in [0.1, 0.15) is 42.1 Å². The number of aromatic nitrogens is 3. The normalized spacial score (nSPS) is 29.2. The average Bonchev–Trinajstić information content (AvgIpc) is 3.25. The molecule has 1 amide bonds. The van der Waals surface area contributed by atoms with E-state index in [-0.39, 0.29) is 30.6 Å². The maximum absolute atomic E-state index is 13.1. The molecule has 132 valence electrons. The summed E-state index contributed by atoms with van der Waals surface area (Å²) in [5.41, 5.74) is 2.23. The number of imidazole rings is 1. The van der Waals surface area contributed by atoms with E-state index in [1.54, 1.807) is 6.20 Å². The van der Waals surface area contributed by atoms with Crippen LogP contribution in [0.2, 0.25) is 0 Å². The van der Waals surface area contributed by atoms with Gasteiger partial charge in [-0.25, -0.2) is 9.97 Å². The lowest BCUT2D eigenvalue weighted by atomic mass is 10.1. The van der Waals surface area contributed by atoms with Crippen LogP contribution in [0.3, 0.4) is 0 Å². The van der Waals surface area contributed by atoms with Gasteiger partial charge in [-0.05, 0) is 37.7 Å². The molecule has 2 aliphatic carbocycles. The number of amides is 1. The smallest absolute Gasteiger partial charge is 0.255 e. The summed E-state index contributed by atoms with van der Waals surface area (Å²) in [5, 5.41) is 9.45. The van der Waals surface area contributed by atoms with Crippen molar-refractivity contribution >= 4 is 17.1 Å². The molecule has 3 aliphatic rings. The summed E-state index contributed by atoms with van der Waals surface area (Å²) in [6, 6.07) is 2.43. The molecular formula is C18H22N4O3. The van der Waals surface area contributed by atoms with Gasteiger partial charge in [0.2, 0.25) is 0 Å². The lowest BCUT2D eigenvalue weighted by Crippen LogP contribution is -2.51. The highest BCUT2D eigenvalue weighted by molar-refractivity contribution is 5.96. The van der Waals surface area contributed by atoms with Gasteiger partial charge in [-0.1, -0.05) is 0 Å². The van der Waals surface area contributed by atoms with Crippen molar-refractivity contribution in [2.24, 2.45) is 5.92 Å². The van der Waals surface area contributed by atoms with Crippen molar-refractivity contribution < 1.29 is 14.6 Å². The third-order valence-corrected chi connectivity index (χ3v) is 5.75. The Bertz CT molecular complexity index is 816. The topological polar surface area (TPSA) is 80.5 Å². The molecule has 7 heteroatoms. The Morgan fingerprint density at radius 3 is 3.00 bits per heavy atom. The predicted molar refractivity (Wildman–Crippen MR) is 90.2 cm³/mol. The van der Waals surface area contributed by atoms with Gasteiger partial charge in [0.25, 0.3) is 5.91 Å². The maximum Gasteiger partial charge on any atom is 0.255 e. The zero-order chi connectivity index (χ0) is 17.0. The predicted octanol–water partition coefficient (Wildman–Crippen LogP) is 1.38. The molecule has 2 saturated carbocycles. The first kappa shape index (κ1) is 15.3. The van der Waals surface area contributed by atoms with Gasteiger partial charge in [0, 0.05) is 25.4 Å². The van der Waals surface area contributed by atoms with E-state index in [4.69, 9.17) is 4.74 Å². The van der Waals surface area contributed by atoms with Gasteiger partial charge < -0.3 is 19.3 Å². The molecule has 25 heavy (non-hydrogen) atoms. The number of carbonyl (C=O) groups excluding carboxylic acids is 1. The summed E-state index contributed by atoms with van der Waals surface area (Å²) in [5.74, 6) is 0.213. The largest absolute Gasteiger partial charge is 0.396 e. The van der Waals surface area contributed by atoms with Crippen LogP contribution in [-0.4, -0.2) is 62.4 Å². The third kappa shape index (κ3) is 2.53. The Hall–Kier alpha value is -1.99.